The number of imidazole rings is 1. The minimum absolute atomic E-state index is 1.07. The summed E-state index contributed by atoms with van der Waals surface area (Å²) in [5.41, 5.74) is 1.19. The molecular formula is C6H6N2S. The zero-order chi connectivity index (χ0) is 6.27. The first kappa shape index (κ1) is 4.99. The number of hydrogen-bond donors (Lipinski definition) is 0. The highest BCUT2D eigenvalue weighted by atomic mass is 32.1. The quantitative estimate of drug-likeness (QED) is 0.541. The molecule has 2 heterocycles. The van der Waals surface area contributed by atoms with Gasteiger partial charge in [-0.3, -0.25) is 3.79 Å². The lowest BCUT2D eigenvalue weighted by Crippen LogP contribution is -1.76. The first-order valence-corrected chi connectivity index (χ1v) is 3.59. The summed E-state index contributed by atoms with van der Waals surface area (Å²) in [7, 11) is 0. The molecule has 0 bridgehead atoms. The van der Waals surface area contributed by atoms with E-state index in [1.165, 1.54) is 5.52 Å². The summed E-state index contributed by atoms with van der Waals surface area (Å²) < 4.78 is 2.10. The lowest BCUT2D eigenvalue weighted by atomic mass is 10.6. The first-order chi connectivity index (χ1) is 4.38. The van der Waals surface area contributed by atoms with E-state index in [4.69, 9.17) is 0 Å². The Morgan fingerprint density at radius 2 is 2.56 bits per heavy atom. The third-order valence-electron chi connectivity index (χ3n) is 1.32. The summed E-state index contributed by atoms with van der Waals surface area (Å²) in [5, 5.41) is 2.06. The van der Waals surface area contributed by atoms with Gasteiger partial charge in [-0.1, -0.05) is 11.5 Å². The normalized spacial score (nSPS) is 10.8. The van der Waals surface area contributed by atoms with E-state index in [0.717, 1.165) is 5.82 Å². The molecule has 0 amide bonds. The monoisotopic (exact) mass is 138 g/mol. The Hall–Kier alpha value is -0.830. The molecule has 46 valence electrons. The van der Waals surface area contributed by atoms with E-state index in [9.17, 15) is 0 Å². The maximum absolute atomic E-state index is 4.13. The fourth-order valence-electron chi connectivity index (χ4n) is 0.860. The Bertz CT molecular complexity index is 320. The van der Waals surface area contributed by atoms with E-state index in [1.54, 1.807) is 11.5 Å². The van der Waals surface area contributed by atoms with Gasteiger partial charge in [0.1, 0.15) is 5.82 Å². The van der Waals surface area contributed by atoms with Crippen molar-refractivity contribution in [3.05, 3.63) is 23.5 Å². The zero-order valence-electron chi connectivity index (χ0n) is 5.03. The Labute approximate surface area is 56.9 Å². The van der Waals surface area contributed by atoms with Crippen molar-refractivity contribution < 1.29 is 0 Å². The van der Waals surface area contributed by atoms with Crippen LogP contribution in [0.2, 0.25) is 0 Å². The van der Waals surface area contributed by atoms with Crippen LogP contribution in [0.25, 0.3) is 5.52 Å². The summed E-state index contributed by atoms with van der Waals surface area (Å²) in [6.45, 7) is 2.00. The molecule has 2 nitrogen and oxygen atoms in total. The summed E-state index contributed by atoms with van der Waals surface area (Å²) in [6.07, 6.45) is 1.88. The van der Waals surface area contributed by atoms with E-state index >= 15 is 0 Å². The summed E-state index contributed by atoms with van der Waals surface area (Å²) in [5.74, 6) is 1.07. The second kappa shape index (κ2) is 1.57. The third kappa shape index (κ3) is 0.580. The van der Waals surface area contributed by atoms with Gasteiger partial charge in [0, 0.05) is 5.38 Å². The van der Waals surface area contributed by atoms with Crippen LogP contribution in [0, 0.1) is 6.92 Å². The molecule has 0 saturated carbocycles. The van der Waals surface area contributed by atoms with Crippen LogP contribution in [0.15, 0.2) is 17.6 Å². The topological polar surface area (TPSA) is 17.3 Å². The van der Waals surface area contributed by atoms with E-state index in [1.807, 2.05) is 13.1 Å². The smallest absolute Gasteiger partial charge is 0.119 e. The molecule has 0 spiro atoms. The molecule has 2 rings (SSSR count). The van der Waals surface area contributed by atoms with Gasteiger partial charge >= 0.3 is 0 Å². The van der Waals surface area contributed by atoms with Crippen molar-refractivity contribution in [3.8, 4) is 0 Å². The van der Waals surface area contributed by atoms with Crippen LogP contribution in [0.1, 0.15) is 5.82 Å². The highest BCUT2D eigenvalue weighted by Gasteiger charge is 1.95. The molecule has 0 atom stereocenters. The lowest BCUT2D eigenvalue weighted by Gasteiger charge is -1.81. The second-order valence-electron chi connectivity index (χ2n) is 1.93. The fraction of sp³-hybridized carbons (Fsp3) is 0.167. The molecule has 9 heavy (non-hydrogen) atoms. The lowest BCUT2D eigenvalue weighted by molar-refractivity contribution is 1.13. The predicted molar refractivity (Wildman–Crippen MR) is 37.8 cm³/mol. The van der Waals surface area contributed by atoms with Crippen molar-refractivity contribution in [2.75, 3.05) is 0 Å². The number of aromatic nitrogens is 2. The molecule has 0 aliphatic rings. The Balaban J connectivity index is 2.99. The molecule has 0 unspecified atom stereocenters. The van der Waals surface area contributed by atoms with Crippen LogP contribution >= 0.6 is 11.5 Å². The average Bonchev–Trinajstić information content (AvgIpc) is 2.35. The predicted octanol–water partition coefficient (Wildman–Crippen LogP) is 1.70. The van der Waals surface area contributed by atoms with Gasteiger partial charge in [0.15, 0.2) is 0 Å². The molecule has 0 aliphatic carbocycles. The van der Waals surface area contributed by atoms with Gasteiger partial charge in [-0.15, -0.1) is 0 Å². The fourth-order valence-corrected chi connectivity index (χ4v) is 1.61. The largest absolute Gasteiger partial charge is 0.252 e. The van der Waals surface area contributed by atoms with Gasteiger partial charge in [0.05, 0.1) is 11.7 Å². The minimum Gasteiger partial charge on any atom is -0.252 e. The Morgan fingerprint density at radius 1 is 1.67 bits per heavy atom. The maximum Gasteiger partial charge on any atom is 0.119 e. The highest BCUT2D eigenvalue weighted by Crippen LogP contribution is 2.10. The van der Waals surface area contributed by atoms with Crippen LogP contribution in [0.4, 0.5) is 0 Å². The van der Waals surface area contributed by atoms with Gasteiger partial charge in [0.25, 0.3) is 0 Å². The van der Waals surface area contributed by atoms with Gasteiger partial charge in [-0.05, 0) is 13.0 Å². The van der Waals surface area contributed by atoms with Gasteiger partial charge < -0.3 is 0 Å². The van der Waals surface area contributed by atoms with E-state index < -0.39 is 0 Å². The van der Waals surface area contributed by atoms with Crippen LogP contribution in [-0.4, -0.2) is 8.77 Å². The summed E-state index contributed by atoms with van der Waals surface area (Å²) in [6, 6.07) is 2.06. The summed E-state index contributed by atoms with van der Waals surface area (Å²) in [4.78, 5) is 4.13. The van der Waals surface area contributed by atoms with Crippen molar-refractivity contribution in [2.24, 2.45) is 0 Å². The molecule has 2 aromatic rings. The molecule has 0 saturated heterocycles. The van der Waals surface area contributed by atoms with Crippen LogP contribution < -0.4 is 0 Å². The number of fused-ring (bicyclic) bond motifs is 1. The van der Waals surface area contributed by atoms with Crippen LogP contribution in [0.3, 0.4) is 0 Å². The van der Waals surface area contributed by atoms with Crippen molar-refractivity contribution in [2.45, 2.75) is 6.92 Å². The highest BCUT2D eigenvalue weighted by molar-refractivity contribution is 7.04. The van der Waals surface area contributed by atoms with Gasteiger partial charge in [0.2, 0.25) is 0 Å². The first-order valence-electron chi connectivity index (χ1n) is 2.76. The van der Waals surface area contributed by atoms with Crippen molar-refractivity contribution in [3.63, 3.8) is 0 Å². The molecule has 0 radical (unpaired) electrons. The maximum atomic E-state index is 4.13. The van der Waals surface area contributed by atoms with E-state index in [0.29, 0.717) is 0 Å². The van der Waals surface area contributed by atoms with Crippen molar-refractivity contribution >= 4 is 17.0 Å². The van der Waals surface area contributed by atoms with Crippen molar-refractivity contribution in [1.82, 2.24) is 8.77 Å². The van der Waals surface area contributed by atoms with Crippen LogP contribution in [0.5, 0.6) is 0 Å². The van der Waals surface area contributed by atoms with E-state index in [2.05, 4.69) is 20.2 Å². The van der Waals surface area contributed by atoms with Crippen LogP contribution in [-0.2, 0) is 0 Å². The molecule has 2 aromatic heterocycles. The minimum atomic E-state index is 1.07. The molecule has 3 heteroatoms. The summed E-state index contributed by atoms with van der Waals surface area (Å²) >= 11 is 1.67. The van der Waals surface area contributed by atoms with E-state index in [-0.39, 0.29) is 0 Å². The molecular weight excluding hydrogens is 132 g/mol. The van der Waals surface area contributed by atoms with Gasteiger partial charge in [-0.2, -0.15) is 0 Å². The number of nitrogens with zero attached hydrogens (tertiary/aromatic N) is 2. The average molecular weight is 138 g/mol. The van der Waals surface area contributed by atoms with Crippen molar-refractivity contribution in [1.29, 1.82) is 0 Å². The SMILES string of the molecule is Cc1ncc2ccsn12. The third-order valence-corrected chi connectivity index (χ3v) is 2.26. The number of aryl methyl sites for hydroxylation is 1. The number of rotatable bonds is 0. The Kier molecular flexibility index (Phi) is 0.873. The standard InChI is InChI=1S/C6H6N2S/c1-5-7-4-6-2-3-9-8(5)6/h2-4H,1H3. The molecule has 0 fully saturated rings. The molecule has 0 aromatic carbocycles. The Morgan fingerprint density at radius 3 is 3.33 bits per heavy atom. The molecule has 0 N–H and O–H groups in total. The second-order valence-corrected chi connectivity index (χ2v) is 2.78. The molecule has 0 aliphatic heterocycles. The van der Waals surface area contributed by atoms with Gasteiger partial charge in [-0.25, -0.2) is 4.98 Å². The number of hydrogen-bond acceptors (Lipinski definition) is 2. The zero-order valence-corrected chi connectivity index (χ0v) is 5.85.